The molecule has 1 aromatic heterocycles. The van der Waals surface area contributed by atoms with Crippen LogP contribution in [-0.2, 0) is 0 Å². The monoisotopic (exact) mass is 314 g/mol. The molecule has 1 aromatic carbocycles. The highest BCUT2D eigenvalue weighted by atomic mass is 79.9. The molecular formula is C11H12BrClN4. The lowest BCUT2D eigenvalue weighted by atomic mass is 10.1. The zero-order valence-electron chi connectivity index (χ0n) is 9.78. The molecule has 1 heterocycles. The third-order valence-corrected chi connectivity index (χ3v) is 3.96. The van der Waals surface area contributed by atoms with Gasteiger partial charge in [0.05, 0.1) is 11.1 Å². The van der Waals surface area contributed by atoms with Crippen molar-refractivity contribution < 1.29 is 0 Å². The molecule has 6 heteroatoms. The Labute approximate surface area is 113 Å². The lowest BCUT2D eigenvalue weighted by molar-refractivity contribution is 0.759. The molecule has 0 bridgehead atoms. The predicted molar refractivity (Wildman–Crippen MR) is 70.6 cm³/mol. The summed E-state index contributed by atoms with van der Waals surface area (Å²) in [5.74, 6) is 0.646. The summed E-state index contributed by atoms with van der Waals surface area (Å²) in [5, 5.41) is 11.3. The maximum atomic E-state index is 6.04. The van der Waals surface area contributed by atoms with Crippen LogP contribution in [0, 0.1) is 13.8 Å². The predicted octanol–water partition coefficient (Wildman–Crippen LogP) is 3.34. The Kier molecular flexibility index (Phi) is 3.49. The average molecular weight is 316 g/mol. The van der Waals surface area contributed by atoms with Crippen molar-refractivity contribution >= 4 is 27.5 Å². The van der Waals surface area contributed by atoms with Crippen LogP contribution in [0.2, 0.25) is 0 Å². The molecule has 0 saturated heterocycles. The van der Waals surface area contributed by atoms with E-state index in [4.69, 9.17) is 11.6 Å². The molecule has 2 aromatic rings. The van der Waals surface area contributed by atoms with E-state index in [1.165, 1.54) is 0 Å². The first kappa shape index (κ1) is 12.5. The number of tetrazole rings is 1. The normalized spacial score (nSPS) is 12.8. The van der Waals surface area contributed by atoms with Gasteiger partial charge in [-0.25, -0.2) is 0 Å². The summed E-state index contributed by atoms with van der Waals surface area (Å²) in [6.45, 7) is 5.92. The molecule has 2 rings (SSSR count). The molecule has 0 amide bonds. The molecule has 0 aliphatic carbocycles. The van der Waals surface area contributed by atoms with Crippen molar-refractivity contribution in [3.05, 3.63) is 33.6 Å². The number of alkyl halides is 1. The van der Waals surface area contributed by atoms with Gasteiger partial charge in [-0.05, 0) is 54.5 Å². The summed E-state index contributed by atoms with van der Waals surface area (Å²) in [6, 6.07) is 4.05. The Balaban J connectivity index is 2.57. The molecule has 1 atom stereocenters. The summed E-state index contributed by atoms with van der Waals surface area (Å²) < 4.78 is 2.78. The molecule has 0 N–H and O–H groups in total. The minimum atomic E-state index is -0.228. The molecule has 0 fully saturated rings. The van der Waals surface area contributed by atoms with Gasteiger partial charge in [0.1, 0.15) is 0 Å². The van der Waals surface area contributed by atoms with Crippen LogP contribution in [0.25, 0.3) is 5.69 Å². The van der Waals surface area contributed by atoms with E-state index in [1.54, 1.807) is 4.68 Å². The lowest BCUT2D eigenvalue weighted by Crippen LogP contribution is -2.04. The van der Waals surface area contributed by atoms with Gasteiger partial charge in [-0.3, -0.25) is 0 Å². The first-order valence-electron chi connectivity index (χ1n) is 5.20. The van der Waals surface area contributed by atoms with E-state index in [2.05, 4.69) is 31.5 Å². The van der Waals surface area contributed by atoms with Crippen LogP contribution in [0.5, 0.6) is 0 Å². The second-order valence-electron chi connectivity index (χ2n) is 3.96. The number of halogens is 2. The van der Waals surface area contributed by atoms with Crippen LogP contribution in [0.3, 0.4) is 0 Å². The highest BCUT2D eigenvalue weighted by Crippen LogP contribution is 2.26. The van der Waals surface area contributed by atoms with Crippen LogP contribution >= 0.6 is 27.5 Å². The second kappa shape index (κ2) is 4.74. The SMILES string of the molecule is Cc1cc(-n2nnnc2C(C)Cl)cc(C)c1Br. The van der Waals surface area contributed by atoms with E-state index in [0.29, 0.717) is 5.82 Å². The van der Waals surface area contributed by atoms with Gasteiger partial charge in [-0.1, -0.05) is 15.9 Å². The summed E-state index contributed by atoms with van der Waals surface area (Å²) in [7, 11) is 0. The largest absolute Gasteiger partial charge is 0.196 e. The number of hydrogen-bond acceptors (Lipinski definition) is 3. The topological polar surface area (TPSA) is 43.6 Å². The molecule has 0 spiro atoms. The Morgan fingerprint density at radius 3 is 2.41 bits per heavy atom. The van der Waals surface area contributed by atoms with Crippen molar-refractivity contribution in [3.8, 4) is 5.69 Å². The zero-order valence-corrected chi connectivity index (χ0v) is 12.1. The first-order valence-corrected chi connectivity index (χ1v) is 6.43. The first-order chi connectivity index (χ1) is 8.00. The Morgan fingerprint density at radius 2 is 1.88 bits per heavy atom. The van der Waals surface area contributed by atoms with Crippen LogP contribution in [0.1, 0.15) is 29.3 Å². The summed E-state index contributed by atoms with van der Waals surface area (Å²) >= 11 is 9.57. The smallest absolute Gasteiger partial charge is 0.174 e. The van der Waals surface area contributed by atoms with E-state index in [9.17, 15) is 0 Å². The van der Waals surface area contributed by atoms with Gasteiger partial charge in [-0.15, -0.1) is 16.7 Å². The number of hydrogen-bond donors (Lipinski definition) is 0. The number of aryl methyl sites for hydroxylation is 2. The summed E-state index contributed by atoms with van der Waals surface area (Å²) in [4.78, 5) is 0. The van der Waals surface area contributed by atoms with Gasteiger partial charge < -0.3 is 0 Å². The van der Waals surface area contributed by atoms with Gasteiger partial charge in [0.25, 0.3) is 0 Å². The lowest BCUT2D eigenvalue weighted by Gasteiger charge is -2.09. The van der Waals surface area contributed by atoms with E-state index < -0.39 is 0 Å². The fourth-order valence-corrected chi connectivity index (χ4v) is 2.04. The molecule has 0 aliphatic rings. The summed E-state index contributed by atoms with van der Waals surface area (Å²) in [5.41, 5.74) is 3.21. The highest BCUT2D eigenvalue weighted by Gasteiger charge is 2.14. The van der Waals surface area contributed by atoms with E-state index in [-0.39, 0.29) is 5.38 Å². The molecule has 0 saturated carbocycles. The third kappa shape index (κ3) is 2.35. The quantitative estimate of drug-likeness (QED) is 0.798. The number of rotatable bonds is 2. The number of nitrogens with zero attached hydrogens (tertiary/aromatic N) is 4. The Bertz CT molecular complexity index is 527. The Morgan fingerprint density at radius 1 is 1.29 bits per heavy atom. The minimum Gasteiger partial charge on any atom is -0.196 e. The van der Waals surface area contributed by atoms with Crippen LogP contribution in [0.15, 0.2) is 16.6 Å². The molecule has 1 unspecified atom stereocenters. The van der Waals surface area contributed by atoms with Gasteiger partial charge in [0.2, 0.25) is 0 Å². The van der Waals surface area contributed by atoms with Crippen molar-refractivity contribution in [1.82, 2.24) is 20.2 Å². The molecule has 4 nitrogen and oxygen atoms in total. The molecule has 0 aliphatic heterocycles. The molecule has 90 valence electrons. The van der Waals surface area contributed by atoms with Crippen LogP contribution in [0.4, 0.5) is 0 Å². The van der Waals surface area contributed by atoms with Crippen molar-refractivity contribution in [2.24, 2.45) is 0 Å². The van der Waals surface area contributed by atoms with E-state index in [0.717, 1.165) is 21.3 Å². The van der Waals surface area contributed by atoms with Crippen LogP contribution < -0.4 is 0 Å². The average Bonchev–Trinajstić information content (AvgIpc) is 2.74. The fourth-order valence-electron chi connectivity index (χ4n) is 1.67. The van der Waals surface area contributed by atoms with E-state index >= 15 is 0 Å². The maximum Gasteiger partial charge on any atom is 0.174 e. The Hall–Kier alpha value is -0.940. The van der Waals surface area contributed by atoms with Gasteiger partial charge >= 0.3 is 0 Å². The number of benzene rings is 1. The summed E-state index contributed by atoms with van der Waals surface area (Å²) in [6.07, 6.45) is 0. The third-order valence-electron chi connectivity index (χ3n) is 2.52. The highest BCUT2D eigenvalue weighted by molar-refractivity contribution is 9.10. The standard InChI is InChI=1S/C11H12BrClN4/c1-6-4-9(5-7(2)10(6)12)17-11(8(3)13)14-15-16-17/h4-5,8H,1-3H3. The fraction of sp³-hybridized carbons (Fsp3) is 0.364. The van der Waals surface area contributed by atoms with Crippen molar-refractivity contribution in [2.75, 3.05) is 0 Å². The maximum absolute atomic E-state index is 6.04. The number of aromatic nitrogens is 4. The van der Waals surface area contributed by atoms with Gasteiger partial charge in [0, 0.05) is 4.47 Å². The van der Waals surface area contributed by atoms with E-state index in [1.807, 2.05) is 32.9 Å². The minimum absolute atomic E-state index is 0.228. The molecule has 0 radical (unpaired) electrons. The molecular weight excluding hydrogens is 304 g/mol. The van der Waals surface area contributed by atoms with Crippen molar-refractivity contribution in [2.45, 2.75) is 26.1 Å². The zero-order chi connectivity index (χ0) is 12.6. The van der Waals surface area contributed by atoms with Crippen LogP contribution in [-0.4, -0.2) is 20.2 Å². The van der Waals surface area contributed by atoms with Crippen molar-refractivity contribution in [3.63, 3.8) is 0 Å². The van der Waals surface area contributed by atoms with Gasteiger partial charge in [-0.2, -0.15) is 4.68 Å². The molecule has 17 heavy (non-hydrogen) atoms. The second-order valence-corrected chi connectivity index (χ2v) is 5.41. The van der Waals surface area contributed by atoms with Gasteiger partial charge in [0.15, 0.2) is 5.82 Å². The van der Waals surface area contributed by atoms with Crippen molar-refractivity contribution in [1.29, 1.82) is 0 Å².